The third-order valence-electron chi connectivity index (χ3n) is 5.32. The molecule has 0 saturated carbocycles. The van der Waals surface area contributed by atoms with E-state index in [1.165, 1.54) is 28.4 Å². The topological polar surface area (TPSA) is 76.2 Å². The molecule has 0 unspecified atom stereocenters. The van der Waals surface area contributed by atoms with Gasteiger partial charge in [0.15, 0.2) is 0 Å². The molecule has 33 heavy (non-hydrogen) atoms. The highest BCUT2D eigenvalue weighted by Crippen LogP contribution is 2.23. The molecule has 0 heterocycles. The van der Waals surface area contributed by atoms with Crippen LogP contribution in [0.25, 0.3) is 0 Å². The van der Waals surface area contributed by atoms with Crippen molar-refractivity contribution in [3.63, 3.8) is 0 Å². The molecule has 0 aliphatic heterocycles. The maximum atomic E-state index is 13.4. The summed E-state index contributed by atoms with van der Waals surface area (Å²) in [6.45, 7) is -0.134. The number of hydrogen-bond acceptors (Lipinski definition) is 5. The third kappa shape index (κ3) is 6.12. The van der Waals surface area contributed by atoms with Crippen LogP contribution in [-0.2, 0) is 21.2 Å². The quantitative estimate of drug-likeness (QED) is 0.454. The number of carbonyl (C=O) groups is 1. The highest BCUT2D eigenvalue weighted by Gasteiger charge is 2.28. The number of ether oxygens (including phenoxy) is 2. The molecule has 3 aromatic rings. The Hall–Kier alpha value is -3.36. The standard InChI is InChI=1S/C25H28N2O5S/c1-26(21-10-7-11-23(18-21)32-3)25(28)19-27(17-16-20-8-5-4-6-9-20)33(29,30)24-14-12-22(31-2)13-15-24/h4-15,18H,16-17,19H2,1-3H3. The van der Waals surface area contributed by atoms with Crippen LogP contribution in [0.4, 0.5) is 5.69 Å². The van der Waals surface area contributed by atoms with Crippen LogP contribution in [0.15, 0.2) is 83.8 Å². The van der Waals surface area contributed by atoms with Gasteiger partial charge < -0.3 is 14.4 Å². The van der Waals surface area contributed by atoms with Crippen LogP contribution in [0.1, 0.15) is 5.56 Å². The van der Waals surface area contributed by atoms with E-state index in [-0.39, 0.29) is 23.9 Å². The summed E-state index contributed by atoms with van der Waals surface area (Å²) in [7, 11) is 0.769. The van der Waals surface area contributed by atoms with E-state index in [1.54, 1.807) is 50.6 Å². The summed E-state index contributed by atoms with van der Waals surface area (Å²) in [5.41, 5.74) is 1.60. The molecule has 0 radical (unpaired) electrons. The molecule has 0 spiro atoms. The van der Waals surface area contributed by atoms with Crippen molar-refractivity contribution in [3.8, 4) is 11.5 Å². The molecule has 1 amide bonds. The Balaban J connectivity index is 1.85. The Kier molecular flexibility index (Phi) is 8.08. The van der Waals surface area contributed by atoms with Gasteiger partial charge in [0.25, 0.3) is 0 Å². The fourth-order valence-corrected chi connectivity index (χ4v) is 4.69. The number of anilines is 1. The Labute approximate surface area is 195 Å². The van der Waals surface area contributed by atoms with Gasteiger partial charge in [-0.05, 0) is 48.4 Å². The number of carbonyl (C=O) groups excluding carboxylic acids is 1. The summed E-state index contributed by atoms with van der Waals surface area (Å²) < 4.78 is 38.5. The monoisotopic (exact) mass is 468 g/mol. The van der Waals surface area contributed by atoms with Crippen molar-refractivity contribution < 1.29 is 22.7 Å². The summed E-state index contributed by atoms with van der Waals surface area (Å²) in [5.74, 6) is 0.811. The van der Waals surface area contributed by atoms with Gasteiger partial charge in [0.1, 0.15) is 11.5 Å². The maximum Gasteiger partial charge on any atom is 0.243 e. The van der Waals surface area contributed by atoms with Crippen molar-refractivity contribution in [2.24, 2.45) is 0 Å². The van der Waals surface area contributed by atoms with E-state index < -0.39 is 10.0 Å². The molecule has 0 saturated heterocycles. The lowest BCUT2D eigenvalue weighted by Gasteiger charge is -2.25. The Bertz CT molecular complexity index is 1160. The van der Waals surface area contributed by atoms with Gasteiger partial charge in [-0.15, -0.1) is 0 Å². The minimum atomic E-state index is -3.91. The number of amides is 1. The molecule has 8 heteroatoms. The number of sulfonamides is 1. The van der Waals surface area contributed by atoms with Crippen molar-refractivity contribution in [2.45, 2.75) is 11.3 Å². The number of nitrogens with zero attached hydrogens (tertiary/aromatic N) is 2. The second-order valence-corrected chi connectivity index (χ2v) is 9.34. The van der Waals surface area contributed by atoms with Gasteiger partial charge in [-0.1, -0.05) is 36.4 Å². The predicted molar refractivity (Wildman–Crippen MR) is 128 cm³/mol. The molecular weight excluding hydrogens is 440 g/mol. The molecule has 0 aliphatic rings. The van der Waals surface area contributed by atoms with Gasteiger partial charge in [0.2, 0.25) is 15.9 Å². The first kappa shape index (κ1) is 24.3. The fraction of sp³-hybridized carbons (Fsp3) is 0.240. The van der Waals surface area contributed by atoms with Crippen LogP contribution < -0.4 is 14.4 Å². The van der Waals surface area contributed by atoms with Gasteiger partial charge in [0, 0.05) is 25.3 Å². The number of rotatable bonds is 10. The van der Waals surface area contributed by atoms with E-state index in [2.05, 4.69) is 0 Å². The number of methoxy groups -OCH3 is 2. The minimum Gasteiger partial charge on any atom is -0.497 e. The normalized spacial score (nSPS) is 11.3. The van der Waals surface area contributed by atoms with Gasteiger partial charge in [-0.2, -0.15) is 4.31 Å². The summed E-state index contributed by atoms with van der Waals surface area (Å²) in [6, 6.07) is 22.8. The fourth-order valence-electron chi connectivity index (χ4n) is 3.30. The molecular formula is C25H28N2O5S. The minimum absolute atomic E-state index is 0.105. The second-order valence-electron chi connectivity index (χ2n) is 7.40. The third-order valence-corrected chi connectivity index (χ3v) is 7.18. The summed E-state index contributed by atoms with van der Waals surface area (Å²) in [5, 5.41) is 0. The zero-order chi connectivity index (χ0) is 23.8. The highest BCUT2D eigenvalue weighted by molar-refractivity contribution is 7.89. The predicted octanol–water partition coefficient (Wildman–Crippen LogP) is 3.60. The zero-order valence-corrected chi connectivity index (χ0v) is 19.8. The zero-order valence-electron chi connectivity index (χ0n) is 19.0. The van der Waals surface area contributed by atoms with Crippen LogP contribution in [0.5, 0.6) is 11.5 Å². The first-order valence-corrected chi connectivity index (χ1v) is 11.9. The molecule has 7 nitrogen and oxygen atoms in total. The molecule has 174 valence electrons. The van der Waals surface area contributed by atoms with Crippen LogP contribution in [0.3, 0.4) is 0 Å². The molecule has 3 aromatic carbocycles. The van der Waals surface area contributed by atoms with E-state index in [0.29, 0.717) is 23.6 Å². The van der Waals surface area contributed by atoms with E-state index in [4.69, 9.17) is 9.47 Å². The molecule has 0 aliphatic carbocycles. The van der Waals surface area contributed by atoms with E-state index >= 15 is 0 Å². The van der Waals surface area contributed by atoms with Crippen molar-refractivity contribution in [2.75, 3.05) is 39.3 Å². The lowest BCUT2D eigenvalue weighted by molar-refractivity contribution is -0.118. The van der Waals surface area contributed by atoms with Gasteiger partial charge >= 0.3 is 0 Å². The van der Waals surface area contributed by atoms with E-state index in [0.717, 1.165) is 5.56 Å². The number of benzene rings is 3. The number of likely N-dealkylation sites (N-methyl/N-ethyl adjacent to an activating group) is 1. The first-order valence-electron chi connectivity index (χ1n) is 10.4. The molecule has 0 fully saturated rings. The van der Waals surface area contributed by atoms with Gasteiger partial charge in [-0.25, -0.2) is 8.42 Å². The summed E-state index contributed by atoms with van der Waals surface area (Å²) in [4.78, 5) is 14.6. The highest BCUT2D eigenvalue weighted by atomic mass is 32.2. The number of hydrogen-bond donors (Lipinski definition) is 0. The average Bonchev–Trinajstić information content (AvgIpc) is 2.86. The summed E-state index contributed by atoms with van der Waals surface area (Å²) in [6.07, 6.45) is 0.479. The van der Waals surface area contributed by atoms with Crippen molar-refractivity contribution in [1.29, 1.82) is 0 Å². The SMILES string of the molecule is COc1ccc(S(=O)(=O)N(CCc2ccccc2)CC(=O)N(C)c2cccc(OC)c2)cc1. The van der Waals surface area contributed by atoms with Crippen LogP contribution >= 0.6 is 0 Å². The lowest BCUT2D eigenvalue weighted by Crippen LogP contribution is -2.42. The Morgan fingerprint density at radius 1 is 0.848 bits per heavy atom. The molecule has 0 bridgehead atoms. The summed E-state index contributed by atoms with van der Waals surface area (Å²) >= 11 is 0. The van der Waals surface area contributed by atoms with Crippen LogP contribution in [-0.4, -0.2) is 53.0 Å². The smallest absolute Gasteiger partial charge is 0.243 e. The molecule has 0 aromatic heterocycles. The van der Waals surface area contributed by atoms with Crippen molar-refractivity contribution >= 4 is 21.6 Å². The van der Waals surface area contributed by atoms with Gasteiger partial charge in [0.05, 0.1) is 25.7 Å². The van der Waals surface area contributed by atoms with Gasteiger partial charge in [-0.3, -0.25) is 4.79 Å². The largest absolute Gasteiger partial charge is 0.497 e. The van der Waals surface area contributed by atoms with Crippen molar-refractivity contribution in [1.82, 2.24) is 4.31 Å². The van der Waals surface area contributed by atoms with Crippen LogP contribution in [0, 0.1) is 0 Å². The first-order chi connectivity index (χ1) is 15.8. The lowest BCUT2D eigenvalue weighted by atomic mass is 10.1. The maximum absolute atomic E-state index is 13.4. The van der Waals surface area contributed by atoms with Crippen molar-refractivity contribution in [3.05, 3.63) is 84.4 Å². The van der Waals surface area contributed by atoms with Crippen LogP contribution in [0.2, 0.25) is 0 Å². The average molecular weight is 469 g/mol. The second kappa shape index (κ2) is 11.0. The Morgan fingerprint density at radius 3 is 2.15 bits per heavy atom. The molecule has 0 N–H and O–H groups in total. The molecule has 3 rings (SSSR count). The molecule has 0 atom stereocenters. The van der Waals surface area contributed by atoms with E-state index in [9.17, 15) is 13.2 Å². The van der Waals surface area contributed by atoms with E-state index in [1.807, 2.05) is 30.3 Å². The Morgan fingerprint density at radius 2 is 1.52 bits per heavy atom.